The van der Waals surface area contributed by atoms with Gasteiger partial charge in [0.15, 0.2) is 0 Å². The van der Waals surface area contributed by atoms with E-state index >= 15 is 0 Å². The third kappa shape index (κ3) is 3.66. The molecule has 3 aromatic rings. The largest absolute Gasteiger partial charge is 0.345 e. The highest BCUT2D eigenvalue weighted by Gasteiger charge is 2.15. The number of aryl methyl sites for hydroxylation is 1. The van der Waals surface area contributed by atoms with E-state index in [1.807, 2.05) is 49.4 Å². The number of carbonyl (C=O) groups is 1. The van der Waals surface area contributed by atoms with E-state index in [9.17, 15) is 4.79 Å². The summed E-state index contributed by atoms with van der Waals surface area (Å²) in [5, 5.41) is 3.89. The fraction of sp³-hybridized carbons (Fsp3) is 0.158. The number of thiazole rings is 1. The first-order valence-corrected chi connectivity index (χ1v) is 8.34. The van der Waals surface area contributed by atoms with E-state index in [1.165, 1.54) is 16.9 Å². The van der Waals surface area contributed by atoms with Crippen LogP contribution < -0.4 is 5.32 Å². The van der Waals surface area contributed by atoms with Gasteiger partial charge in [-0.2, -0.15) is 0 Å². The van der Waals surface area contributed by atoms with Gasteiger partial charge in [0, 0.05) is 5.56 Å². The maximum atomic E-state index is 12.4. The average Bonchev–Trinajstić information content (AvgIpc) is 3.06. The predicted molar refractivity (Wildman–Crippen MR) is 94.6 cm³/mol. The van der Waals surface area contributed by atoms with Crippen LogP contribution in [0.25, 0.3) is 10.6 Å². The van der Waals surface area contributed by atoms with E-state index in [4.69, 9.17) is 0 Å². The quantitative estimate of drug-likeness (QED) is 0.762. The Hall–Kier alpha value is -2.46. The van der Waals surface area contributed by atoms with Crippen molar-refractivity contribution in [2.24, 2.45) is 0 Å². The molecule has 0 aliphatic carbocycles. The maximum Gasteiger partial charge on any atom is 0.263 e. The van der Waals surface area contributed by atoms with Crippen LogP contribution in [0.1, 0.15) is 33.8 Å². The van der Waals surface area contributed by atoms with Gasteiger partial charge < -0.3 is 5.32 Å². The van der Waals surface area contributed by atoms with Crippen molar-refractivity contribution >= 4 is 17.2 Å². The van der Waals surface area contributed by atoms with Gasteiger partial charge in [0.1, 0.15) is 9.88 Å². The fourth-order valence-electron chi connectivity index (χ4n) is 2.30. The van der Waals surface area contributed by atoms with Crippen LogP contribution in [-0.2, 0) is 0 Å². The van der Waals surface area contributed by atoms with Crippen LogP contribution in [0.5, 0.6) is 0 Å². The molecule has 0 spiro atoms. The Kier molecular flexibility index (Phi) is 4.53. The zero-order valence-corrected chi connectivity index (χ0v) is 13.9. The first-order valence-electron chi connectivity index (χ1n) is 7.52. The third-order valence-electron chi connectivity index (χ3n) is 3.68. The van der Waals surface area contributed by atoms with Gasteiger partial charge in [-0.3, -0.25) is 4.79 Å². The minimum absolute atomic E-state index is 0.0367. The zero-order chi connectivity index (χ0) is 16.2. The zero-order valence-electron chi connectivity index (χ0n) is 13.1. The van der Waals surface area contributed by atoms with Crippen LogP contribution in [0.4, 0.5) is 0 Å². The first kappa shape index (κ1) is 15.4. The molecule has 116 valence electrons. The summed E-state index contributed by atoms with van der Waals surface area (Å²) in [7, 11) is 0. The summed E-state index contributed by atoms with van der Waals surface area (Å²) in [6.07, 6.45) is 1.64. The van der Waals surface area contributed by atoms with Gasteiger partial charge in [-0.05, 0) is 19.4 Å². The highest BCUT2D eigenvalue weighted by molar-refractivity contribution is 7.16. The molecule has 3 rings (SSSR count). The molecule has 2 aromatic carbocycles. The summed E-state index contributed by atoms with van der Waals surface area (Å²) < 4.78 is 0. The molecule has 1 amide bonds. The van der Waals surface area contributed by atoms with Crippen LogP contribution >= 0.6 is 11.3 Å². The number of carbonyl (C=O) groups excluding carboxylic acids is 1. The van der Waals surface area contributed by atoms with Crippen LogP contribution in [0.3, 0.4) is 0 Å². The number of nitrogens with zero attached hydrogens (tertiary/aromatic N) is 1. The van der Waals surface area contributed by atoms with Gasteiger partial charge in [0.25, 0.3) is 5.91 Å². The van der Waals surface area contributed by atoms with Crippen LogP contribution in [0.15, 0.2) is 60.8 Å². The van der Waals surface area contributed by atoms with Gasteiger partial charge in [0.05, 0.1) is 12.2 Å². The second-order valence-electron chi connectivity index (χ2n) is 5.50. The van der Waals surface area contributed by atoms with E-state index in [0.717, 1.165) is 16.1 Å². The molecule has 0 aliphatic heterocycles. The molecular formula is C19H18N2OS. The summed E-state index contributed by atoms with van der Waals surface area (Å²) in [4.78, 5) is 17.4. The number of hydrogen-bond donors (Lipinski definition) is 1. The molecule has 0 radical (unpaired) electrons. The number of hydrogen-bond acceptors (Lipinski definition) is 3. The normalized spacial score (nSPS) is 11.9. The van der Waals surface area contributed by atoms with E-state index < -0.39 is 0 Å². The lowest BCUT2D eigenvalue weighted by atomic mass is 10.1. The molecule has 1 atom stereocenters. The van der Waals surface area contributed by atoms with Crippen molar-refractivity contribution in [2.75, 3.05) is 0 Å². The Balaban J connectivity index is 1.71. The summed E-state index contributed by atoms with van der Waals surface area (Å²) in [5.74, 6) is -0.0854. The second kappa shape index (κ2) is 6.75. The fourth-order valence-corrected chi connectivity index (χ4v) is 3.12. The smallest absolute Gasteiger partial charge is 0.263 e. The van der Waals surface area contributed by atoms with Crippen molar-refractivity contribution < 1.29 is 4.79 Å². The lowest BCUT2D eigenvalue weighted by Gasteiger charge is -2.13. The van der Waals surface area contributed by atoms with Crippen LogP contribution in [-0.4, -0.2) is 10.9 Å². The highest BCUT2D eigenvalue weighted by atomic mass is 32.1. The Morgan fingerprint density at radius 2 is 1.78 bits per heavy atom. The van der Waals surface area contributed by atoms with Gasteiger partial charge >= 0.3 is 0 Å². The molecular weight excluding hydrogens is 304 g/mol. The molecule has 1 N–H and O–H groups in total. The lowest BCUT2D eigenvalue weighted by molar-refractivity contribution is 0.0944. The third-order valence-corrected chi connectivity index (χ3v) is 4.72. The molecule has 1 heterocycles. The lowest BCUT2D eigenvalue weighted by Crippen LogP contribution is -2.25. The molecule has 0 saturated carbocycles. The summed E-state index contributed by atoms with van der Waals surface area (Å²) in [5.41, 5.74) is 3.34. The SMILES string of the molecule is Cc1ccc(C(C)NC(=O)c2cnc(-c3ccccc3)s2)cc1. The molecule has 0 bridgehead atoms. The van der Waals surface area contributed by atoms with Crippen molar-refractivity contribution in [1.29, 1.82) is 0 Å². The summed E-state index contributed by atoms with van der Waals surface area (Å²) >= 11 is 1.41. The van der Waals surface area contributed by atoms with Crippen molar-refractivity contribution in [3.8, 4) is 10.6 Å². The van der Waals surface area contributed by atoms with Crippen molar-refractivity contribution in [3.63, 3.8) is 0 Å². The van der Waals surface area contributed by atoms with Crippen molar-refractivity contribution in [3.05, 3.63) is 76.8 Å². The molecule has 0 fully saturated rings. The number of nitrogens with one attached hydrogen (secondary N) is 1. The topological polar surface area (TPSA) is 42.0 Å². The molecule has 1 aromatic heterocycles. The van der Waals surface area contributed by atoms with Crippen molar-refractivity contribution in [2.45, 2.75) is 19.9 Å². The standard InChI is InChI=1S/C19H18N2OS/c1-13-8-10-15(11-9-13)14(2)21-18(22)17-12-20-19(23-17)16-6-4-3-5-7-16/h3-12,14H,1-2H3,(H,21,22). The number of rotatable bonds is 4. The highest BCUT2D eigenvalue weighted by Crippen LogP contribution is 2.25. The van der Waals surface area contributed by atoms with E-state index in [0.29, 0.717) is 4.88 Å². The first-order chi connectivity index (χ1) is 11.1. The van der Waals surface area contributed by atoms with E-state index in [2.05, 4.69) is 29.4 Å². The van der Waals surface area contributed by atoms with Crippen molar-refractivity contribution in [1.82, 2.24) is 10.3 Å². The van der Waals surface area contributed by atoms with Gasteiger partial charge in [-0.1, -0.05) is 60.2 Å². The van der Waals surface area contributed by atoms with E-state index in [-0.39, 0.29) is 11.9 Å². The number of benzene rings is 2. The van der Waals surface area contributed by atoms with Gasteiger partial charge in [-0.25, -0.2) is 4.98 Å². The van der Waals surface area contributed by atoms with E-state index in [1.54, 1.807) is 6.20 Å². The average molecular weight is 322 g/mol. The van der Waals surface area contributed by atoms with Gasteiger partial charge in [0.2, 0.25) is 0 Å². The molecule has 4 heteroatoms. The Morgan fingerprint density at radius 1 is 1.09 bits per heavy atom. The second-order valence-corrected chi connectivity index (χ2v) is 6.53. The minimum Gasteiger partial charge on any atom is -0.345 e. The molecule has 23 heavy (non-hydrogen) atoms. The number of aromatic nitrogens is 1. The number of amides is 1. The molecule has 3 nitrogen and oxygen atoms in total. The summed E-state index contributed by atoms with van der Waals surface area (Å²) in [6.45, 7) is 4.04. The Morgan fingerprint density at radius 3 is 2.48 bits per heavy atom. The summed E-state index contributed by atoms with van der Waals surface area (Å²) in [6, 6.07) is 18.1. The predicted octanol–water partition coefficient (Wildman–Crippen LogP) is 4.61. The maximum absolute atomic E-state index is 12.4. The minimum atomic E-state index is -0.0854. The van der Waals surface area contributed by atoms with Gasteiger partial charge in [-0.15, -0.1) is 11.3 Å². The monoisotopic (exact) mass is 322 g/mol. The Bertz CT molecular complexity index is 794. The Labute approximate surface area is 140 Å². The molecule has 0 saturated heterocycles. The molecule has 0 aliphatic rings. The molecule has 1 unspecified atom stereocenters. The van der Waals surface area contributed by atoms with Crippen LogP contribution in [0, 0.1) is 6.92 Å². The van der Waals surface area contributed by atoms with Crippen LogP contribution in [0.2, 0.25) is 0 Å².